The first-order valence-corrected chi connectivity index (χ1v) is 5.81. The van der Waals surface area contributed by atoms with Crippen LogP contribution in [-0.4, -0.2) is 57.8 Å². The average molecular weight is 264 g/mol. The number of hydrogen-bond donors (Lipinski definition) is 4. The van der Waals surface area contributed by atoms with E-state index in [0.717, 1.165) is 0 Å². The molecule has 7 heteroatoms. The number of carbonyl (C=O) groups excluding carboxylic acids is 1. The fraction of sp³-hybridized carbons (Fsp3) is 0.818. The molecule has 0 aliphatic heterocycles. The van der Waals surface area contributed by atoms with Crippen LogP contribution in [0.2, 0.25) is 0 Å². The maximum absolute atomic E-state index is 11.1. The Morgan fingerprint density at radius 3 is 2.22 bits per heavy atom. The van der Waals surface area contributed by atoms with Crippen molar-refractivity contribution in [3.05, 3.63) is 0 Å². The third-order valence-electron chi connectivity index (χ3n) is 2.33. The number of aliphatic hydroxyl groups is 3. The fourth-order valence-electron chi connectivity index (χ4n) is 1.23. The van der Waals surface area contributed by atoms with E-state index >= 15 is 0 Å². The van der Waals surface area contributed by atoms with Gasteiger partial charge in [0.15, 0.2) is 0 Å². The normalized spacial score (nSPS) is 13.9. The van der Waals surface area contributed by atoms with Crippen molar-refractivity contribution in [1.82, 2.24) is 0 Å². The van der Waals surface area contributed by atoms with Gasteiger partial charge in [-0.25, -0.2) is 0 Å². The van der Waals surface area contributed by atoms with Gasteiger partial charge in [-0.3, -0.25) is 9.59 Å². The molecule has 0 saturated carbocycles. The van der Waals surface area contributed by atoms with E-state index in [2.05, 4.69) is 0 Å². The van der Waals surface area contributed by atoms with Crippen molar-refractivity contribution < 1.29 is 34.8 Å². The smallest absolute Gasteiger partial charge is 0.305 e. The minimum absolute atomic E-state index is 0.0225. The molecule has 7 nitrogen and oxygen atoms in total. The standard InChI is InChI=1S/C11H20O7/c12-7-9(14)8(13)5-6-18-11(17)4-2-1-3-10(15)16/h8-9,12-14H,1-7H2,(H,15,16). The van der Waals surface area contributed by atoms with Crippen LogP contribution in [0.25, 0.3) is 0 Å². The lowest BCUT2D eigenvalue weighted by molar-refractivity contribution is -0.145. The number of aliphatic carboxylic acids is 1. The maximum atomic E-state index is 11.1. The van der Waals surface area contributed by atoms with Crippen LogP contribution in [0, 0.1) is 0 Å². The molecule has 0 aromatic rings. The van der Waals surface area contributed by atoms with Crippen molar-refractivity contribution in [2.24, 2.45) is 0 Å². The molecule has 0 rings (SSSR count). The van der Waals surface area contributed by atoms with Gasteiger partial charge in [0.2, 0.25) is 0 Å². The highest BCUT2D eigenvalue weighted by Gasteiger charge is 2.15. The molecule has 0 saturated heterocycles. The summed E-state index contributed by atoms with van der Waals surface area (Å²) >= 11 is 0. The molecule has 0 bridgehead atoms. The van der Waals surface area contributed by atoms with E-state index in [-0.39, 0.29) is 25.9 Å². The molecule has 0 fully saturated rings. The minimum Gasteiger partial charge on any atom is -0.481 e. The number of ether oxygens (including phenoxy) is 1. The summed E-state index contributed by atoms with van der Waals surface area (Å²) in [5.41, 5.74) is 0. The van der Waals surface area contributed by atoms with Crippen LogP contribution in [0.15, 0.2) is 0 Å². The number of rotatable bonds is 10. The van der Waals surface area contributed by atoms with Crippen LogP contribution in [0.1, 0.15) is 32.1 Å². The van der Waals surface area contributed by atoms with E-state index in [4.69, 9.17) is 20.1 Å². The fourth-order valence-corrected chi connectivity index (χ4v) is 1.23. The van der Waals surface area contributed by atoms with E-state index in [9.17, 15) is 14.7 Å². The summed E-state index contributed by atoms with van der Waals surface area (Å²) in [6.45, 7) is -0.597. The predicted molar refractivity (Wildman–Crippen MR) is 60.8 cm³/mol. The zero-order chi connectivity index (χ0) is 14.0. The number of carbonyl (C=O) groups is 2. The van der Waals surface area contributed by atoms with Gasteiger partial charge in [0, 0.05) is 19.3 Å². The first-order chi connectivity index (χ1) is 8.47. The molecule has 0 radical (unpaired) electrons. The molecule has 4 N–H and O–H groups in total. The van der Waals surface area contributed by atoms with Gasteiger partial charge in [-0.1, -0.05) is 0 Å². The van der Waals surface area contributed by atoms with E-state index in [1.54, 1.807) is 0 Å². The largest absolute Gasteiger partial charge is 0.481 e. The molecule has 0 aliphatic rings. The van der Waals surface area contributed by atoms with Crippen molar-refractivity contribution >= 4 is 11.9 Å². The summed E-state index contributed by atoms with van der Waals surface area (Å²) in [5.74, 6) is -1.37. The van der Waals surface area contributed by atoms with Crippen molar-refractivity contribution in [2.45, 2.75) is 44.3 Å². The van der Waals surface area contributed by atoms with Gasteiger partial charge in [-0.05, 0) is 12.8 Å². The molecule has 0 amide bonds. The molecule has 0 heterocycles. The Kier molecular flexibility index (Phi) is 9.17. The number of unbranched alkanes of at least 4 members (excludes halogenated alkanes) is 1. The van der Waals surface area contributed by atoms with Crippen molar-refractivity contribution in [3.8, 4) is 0 Å². The Hall–Kier alpha value is -1.18. The second-order valence-electron chi connectivity index (χ2n) is 3.93. The molecule has 0 aromatic heterocycles. The first-order valence-electron chi connectivity index (χ1n) is 5.81. The SMILES string of the molecule is O=C(O)CCCCC(=O)OCCC(O)C(O)CO. The lowest BCUT2D eigenvalue weighted by atomic mass is 10.1. The molecule has 0 aromatic carbocycles. The van der Waals surface area contributed by atoms with Gasteiger partial charge in [-0.2, -0.15) is 0 Å². The van der Waals surface area contributed by atoms with E-state index in [1.807, 2.05) is 0 Å². The summed E-state index contributed by atoms with van der Waals surface area (Å²) in [6, 6.07) is 0. The van der Waals surface area contributed by atoms with Gasteiger partial charge < -0.3 is 25.2 Å². The first kappa shape index (κ1) is 16.8. The predicted octanol–water partition coefficient (Wildman–Crippen LogP) is -0.721. The van der Waals surface area contributed by atoms with Crippen molar-refractivity contribution in [1.29, 1.82) is 0 Å². The Balaban J connectivity index is 3.50. The lowest BCUT2D eigenvalue weighted by Crippen LogP contribution is -2.30. The Bertz CT molecular complexity index is 254. The highest BCUT2D eigenvalue weighted by molar-refractivity contribution is 5.69. The summed E-state index contributed by atoms with van der Waals surface area (Å²) < 4.78 is 4.78. The molecule has 106 valence electrons. The van der Waals surface area contributed by atoms with Crippen LogP contribution in [0.4, 0.5) is 0 Å². The molecular weight excluding hydrogens is 244 g/mol. The molecule has 18 heavy (non-hydrogen) atoms. The average Bonchev–Trinajstić information content (AvgIpc) is 2.33. The lowest BCUT2D eigenvalue weighted by Gasteiger charge is -2.15. The van der Waals surface area contributed by atoms with Gasteiger partial charge in [0.05, 0.1) is 19.3 Å². The zero-order valence-corrected chi connectivity index (χ0v) is 10.1. The molecule has 0 aliphatic carbocycles. The van der Waals surface area contributed by atoms with Crippen molar-refractivity contribution in [3.63, 3.8) is 0 Å². The molecule has 0 spiro atoms. The highest BCUT2D eigenvalue weighted by atomic mass is 16.5. The van der Waals surface area contributed by atoms with E-state index < -0.39 is 30.8 Å². The van der Waals surface area contributed by atoms with E-state index in [0.29, 0.717) is 12.8 Å². The molecule has 2 atom stereocenters. The van der Waals surface area contributed by atoms with Crippen LogP contribution in [-0.2, 0) is 14.3 Å². The highest BCUT2D eigenvalue weighted by Crippen LogP contribution is 2.03. The number of aliphatic hydroxyl groups excluding tert-OH is 3. The second-order valence-corrected chi connectivity index (χ2v) is 3.93. The monoisotopic (exact) mass is 264 g/mol. The van der Waals surface area contributed by atoms with Gasteiger partial charge in [-0.15, -0.1) is 0 Å². The number of esters is 1. The third-order valence-corrected chi connectivity index (χ3v) is 2.33. The summed E-state index contributed by atoms with van der Waals surface area (Å²) in [4.78, 5) is 21.3. The maximum Gasteiger partial charge on any atom is 0.305 e. The van der Waals surface area contributed by atoms with E-state index in [1.165, 1.54) is 0 Å². The Labute approximate surface area is 105 Å². The summed E-state index contributed by atoms with van der Waals surface area (Å²) in [7, 11) is 0. The summed E-state index contributed by atoms with van der Waals surface area (Å²) in [6.07, 6.45) is -1.32. The third kappa shape index (κ3) is 8.91. The zero-order valence-electron chi connectivity index (χ0n) is 10.1. The van der Waals surface area contributed by atoms with Crippen LogP contribution < -0.4 is 0 Å². The Morgan fingerprint density at radius 1 is 1.06 bits per heavy atom. The quantitative estimate of drug-likeness (QED) is 0.303. The molecular formula is C11H20O7. The second kappa shape index (κ2) is 9.81. The minimum atomic E-state index is -1.24. The topological polar surface area (TPSA) is 124 Å². The molecule has 2 unspecified atom stereocenters. The van der Waals surface area contributed by atoms with Crippen molar-refractivity contribution in [2.75, 3.05) is 13.2 Å². The number of hydrogen-bond acceptors (Lipinski definition) is 6. The number of carboxylic acids is 1. The summed E-state index contributed by atoms with van der Waals surface area (Å²) in [5, 5.41) is 35.2. The Morgan fingerprint density at radius 2 is 1.67 bits per heavy atom. The number of carboxylic acid groups (broad SMARTS) is 1. The van der Waals surface area contributed by atoms with Crippen LogP contribution in [0.3, 0.4) is 0 Å². The van der Waals surface area contributed by atoms with Crippen LogP contribution >= 0.6 is 0 Å². The van der Waals surface area contributed by atoms with Crippen LogP contribution in [0.5, 0.6) is 0 Å². The van der Waals surface area contributed by atoms with Gasteiger partial charge >= 0.3 is 11.9 Å². The van der Waals surface area contributed by atoms with Gasteiger partial charge in [0.25, 0.3) is 0 Å². The van der Waals surface area contributed by atoms with Gasteiger partial charge in [0.1, 0.15) is 6.10 Å².